The van der Waals surface area contributed by atoms with Gasteiger partial charge in [0.15, 0.2) is 5.16 Å². The van der Waals surface area contributed by atoms with Gasteiger partial charge >= 0.3 is 5.97 Å². The van der Waals surface area contributed by atoms with Gasteiger partial charge in [0.05, 0.1) is 17.8 Å². The number of aromatic nitrogens is 4. The molecule has 3 N–H and O–H groups in total. The number of hydrogen-bond donors (Lipinski definition) is 3. The third-order valence-electron chi connectivity index (χ3n) is 3.99. The van der Waals surface area contributed by atoms with Gasteiger partial charge in [-0.1, -0.05) is 23.9 Å². The summed E-state index contributed by atoms with van der Waals surface area (Å²) in [6, 6.07) is 6.01. The number of halogens is 1. The summed E-state index contributed by atoms with van der Waals surface area (Å²) in [5.74, 6) is -0.915. The molecule has 9 heteroatoms. The van der Waals surface area contributed by atoms with Crippen molar-refractivity contribution in [1.82, 2.24) is 20.2 Å². The van der Waals surface area contributed by atoms with Crippen molar-refractivity contribution in [2.75, 3.05) is 0 Å². The van der Waals surface area contributed by atoms with E-state index >= 15 is 0 Å². The Morgan fingerprint density at radius 3 is 2.67 bits per heavy atom. The van der Waals surface area contributed by atoms with Crippen molar-refractivity contribution in [1.29, 1.82) is 0 Å². The summed E-state index contributed by atoms with van der Waals surface area (Å²) in [5.41, 5.74) is 2.58. The highest BCUT2D eigenvalue weighted by molar-refractivity contribution is 7.98. The van der Waals surface area contributed by atoms with Crippen molar-refractivity contribution in [3.05, 3.63) is 74.7 Å². The first kappa shape index (κ1) is 18.8. The van der Waals surface area contributed by atoms with Crippen molar-refractivity contribution in [2.45, 2.75) is 30.7 Å². The summed E-state index contributed by atoms with van der Waals surface area (Å²) in [6.45, 7) is 1.80. The molecule has 7 nitrogen and oxygen atoms in total. The van der Waals surface area contributed by atoms with Gasteiger partial charge < -0.3 is 10.1 Å². The zero-order valence-electron chi connectivity index (χ0n) is 14.5. The first-order valence-electron chi connectivity index (χ1n) is 8.12. The highest BCUT2D eigenvalue weighted by Gasteiger charge is 2.17. The van der Waals surface area contributed by atoms with E-state index < -0.39 is 5.97 Å². The maximum absolute atomic E-state index is 13.0. The molecule has 0 aliphatic carbocycles. The minimum atomic E-state index is -1.06. The molecule has 1 aromatic carbocycles. The number of hydrogen-bond acceptors (Lipinski definition) is 5. The Labute approximate surface area is 158 Å². The fraction of sp³-hybridized carbons (Fsp3) is 0.222. The van der Waals surface area contributed by atoms with Crippen LogP contribution in [-0.4, -0.2) is 31.2 Å². The largest absolute Gasteiger partial charge is 0.481 e. The van der Waals surface area contributed by atoms with Crippen LogP contribution < -0.4 is 5.56 Å². The fourth-order valence-corrected chi connectivity index (χ4v) is 3.38. The molecule has 140 valence electrons. The van der Waals surface area contributed by atoms with Gasteiger partial charge in [0, 0.05) is 23.9 Å². The number of nitrogens with one attached hydrogen (secondary N) is 2. The summed E-state index contributed by atoms with van der Waals surface area (Å²) in [5, 5.41) is 16.2. The van der Waals surface area contributed by atoms with E-state index in [0.29, 0.717) is 16.5 Å². The summed E-state index contributed by atoms with van der Waals surface area (Å²) in [7, 11) is 0. The van der Waals surface area contributed by atoms with Gasteiger partial charge in [0.1, 0.15) is 5.82 Å². The van der Waals surface area contributed by atoms with Crippen molar-refractivity contribution in [3.63, 3.8) is 0 Å². The molecular weight excluding hydrogens is 371 g/mol. The van der Waals surface area contributed by atoms with Crippen LogP contribution in [0.4, 0.5) is 4.39 Å². The highest BCUT2D eigenvalue weighted by Crippen LogP contribution is 2.20. The third-order valence-corrected chi connectivity index (χ3v) is 4.93. The zero-order chi connectivity index (χ0) is 19.4. The minimum Gasteiger partial charge on any atom is -0.481 e. The Hall–Kier alpha value is -2.94. The number of aromatic amines is 2. The second kappa shape index (κ2) is 8.17. The van der Waals surface area contributed by atoms with Crippen LogP contribution in [0.1, 0.15) is 28.1 Å². The van der Waals surface area contributed by atoms with E-state index in [1.54, 1.807) is 25.3 Å². The smallest absolute Gasteiger partial charge is 0.309 e. The predicted octanol–water partition coefficient (Wildman–Crippen LogP) is 2.45. The quantitative estimate of drug-likeness (QED) is 0.423. The number of carboxylic acids is 1. The van der Waals surface area contributed by atoms with E-state index in [0.717, 1.165) is 16.8 Å². The Morgan fingerprint density at radius 1 is 1.30 bits per heavy atom. The molecule has 0 aliphatic heterocycles. The number of thioether (sulfide) groups is 1. The van der Waals surface area contributed by atoms with E-state index in [4.69, 9.17) is 0 Å². The molecule has 0 radical (unpaired) electrons. The Balaban J connectivity index is 1.86. The molecule has 0 saturated carbocycles. The standard InChI is InChI=1S/C18H17FN4O3S/c1-10-12(8-20-23-10)6-14-15(7-16(24)25)21-18(22-17(14)26)27-9-11-2-4-13(19)5-3-11/h2-5,8H,6-7,9H2,1H3,(H,20,23)(H,24,25)(H,21,22,26). The minimum absolute atomic E-state index is 0.230. The van der Waals surface area contributed by atoms with Gasteiger partial charge in [0.25, 0.3) is 5.56 Å². The molecule has 0 saturated heterocycles. The average molecular weight is 388 g/mol. The number of H-pyrrole nitrogens is 2. The number of benzene rings is 1. The van der Waals surface area contributed by atoms with E-state index in [1.165, 1.54) is 23.9 Å². The van der Waals surface area contributed by atoms with Crippen molar-refractivity contribution in [3.8, 4) is 0 Å². The lowest BCUT2D eigenvalue weighted by Gasteiger charge is -2.09. The summed E-state index contributed by atoms with van der Waals surface area (Å²) < 4.78 is 13.0. The topological polar surface area (TPSA) is 112 Å². The van der Waals surface area contributed by atoms with Gasteiger partial charge in [-0.05, 0) is 30.2 Å². The van der Waals surface area contributed by atoms with Crippen LogP contribution in [0.25, 0.3) is 0 Å². The molecule has 0 unspecified atom stereocenters. The van der Waals surface area contributed by atoms with Crippen molar-refractivity contribution < 1.29 is 14.3 Å². The molecule has 0 fully saturated rings. The molecule has 0 spiro atoms. The first-order chi connectivity index (χ1) is 12.9. The van der Waals surface area contributed by atoms with Crippen molar-refractivity contribution in [2.24, 2.45) is 0 Å². The number of nitrogens with zero attached hydrogens (tertiary/aromatic N) is 2. The van der Waals surface area contributed by atoms with Crippen LogP contribution in [-0.2, 0) is 23.4 Å². The molecule has 27 heavy (non-hydrogen) atoms. The van der Waals surface area contributed by atoms with Crippen LogP contribution in [0, 0.1) is 12.7 Å². The van der Waals surface area contributed by atoms with E-state index in [2.05, 4.69) is 20.2 Å². The lowest BCUT2D eigenvalue weighted by molar-refractivity contribution is -0.136. The predicted molar refractivity (Wildman–Crippen MR) is 98.3 cm³/mol. The van der Waals surface area contributed by atoms with Gasteiger partial charge in [0.2, 0.25) is 0 Å². The first-order valence-corrected chi connectivity index (χ1v) is 9.11. The van der Waals surface area contributed by atoms with Crippen LogP contribution in [0.3, 0.4) is 0 Å². The third kappa shape index (κ3) is 4.82. The highest BCUT2D eigenvalue weighted by atomic mass is 32.2. The second-order valence-corrected chi connectivity index (χ2v) is 6.92. The Bertz CT molecular complexity index is 1010. The average Bonchev–Trinajstić information content (AvgIpc) is 3.02. The van der Waals surface area contributed by atoms with Crippen LogP contribution in [0.2, 0.25) is 0 Å². The number of carbonyl (C=O) groups is 1. The summed E-state index contributed by atoms with van der Waals surface area (Å²) in [4.78, 5) is 30.8. The van der Waals surface area contributed by atoms with Crippen LogP contribution in [0.5, 0.6) is 0 Å². The normalized spacial score (nSPS) is 10.9. The SMILES string of the molecule is Cc1n[nH]cc1Cc1c(CC(=O)O)nc(SCc2ccc(F)cc2)[nH]c1=O. The molecule has 0 bridgehead atoms. The zero-order valence-corrected chi connectivity index (χ0v) is 15.3. The lowest BCUT2D eigenvalue weighted by atomic mass is 10.0. The van der Waals surface area contributed by atoms with Gasteiger partial charge in [-0.2, -0.15) is 5.10 Å². The molecule has 2 aromatic heterocycles. The van der Waals surface area contributed by atoms with Crippen LogP contribution in [0.15, 0.2) is 40.4 Å². The summed E-state index contributed by atoms with van der Waals surface area (Å²) in [6.07, 6.45) is 1.58. The molecule has 2 heterocycles. The van der Waals surface area contributed by atoms with Gasteiger partial charge in [-0.15, -0.1) is 0 Å². The number of carboxylic acid groups (broad SMARTS) is 1. The van der Waals surface area contributed by atoms with Gasteiger partial charge in [-0.25, -0.2) is 9.37 Å². The lowest BCUT2D eigenvalue weighted by Crippen LogP contribution is -2.21. The molecule has 0 atom stereocenters. The second-order valence-electron chi connectivity index (χ2n) is 5.95. The summed E-state index contributed by atoms with van der Waals surface area (Å²) >= 11 is 1.25. The fourth-order valence-electron chi connectivity index (χ4n) is 2.55. The molecule has 3 rings (SSSR count). The number of rotatable bonds is 7. The Morgan fingerprint density at radius 2 is 2.04 bits per heavy atom. The van der Waals surface area contributed by atoms with Gasteiger partial charge in [-0.3, -0.25) is 14.7 Å². The monoisotopic (exact) mass is 388 g/mol. The molecule has 0 aliphatic rings. The maximum Gasteiger partial charge on any atom is 0.309 e. The molecule has 0 amide bonds. The van der Waals surface area contributed by atoms with E-state index in [-0.39, 0.29) is 29.9 Å². The van der Waals surface area contributed by atoms with Crippen LogP contribution >= 0.6 is 11.8 Å². The van der Waals surface area contributed by atoms with E-state index in [9.17, 15) is 19.1 Å². The van der Waals surface area contributed by atoms with E-state index in [1.807, 2.05) is 0 Å². The maximum atomic E-state index is 13.0. The number of aliphatic carboxylic acids is 1. The molecule has 3 aromatic rings. The Kier molecular flexibility index (Phi) is 5.70. The van der Waals surface area contributed by atoms with Crippen molar-refractivity contribution >= 4 is 17.7 Å². The molecular formula is C18H17FN4O3S. The number of aryl methyl sites for hydroxylation is 1.